The number of nitrogens with zero attached hydrogens (tertiary/aromatic N) is 2. The van der Waals surface area contributed by atoms with Crippen LogP contribution in [0, 0.1) is 12.8 Å². The Morgan fingerprint density at radius 1 is 1.27 bits per heavy atom. The first-order chi connectivity index (χ1) is 14.6. The maximum Gasteiger partial charge on any atom is 0.224 e. The molecule has 0 unspecified atom stereocenters. The summed E-state index contributed by atoms with van der Waals surface area (Å²) in [6.45, 7) is 7.09. The van der Waals surface area contributed by atoms with E-state index >= 15 is 0 Å². The topological polar surface area (TPSA) is 54.5 Å². The summed E-state index contributed by atoms with van der Waals surface area (Å²) in [7, 11) is 0. The highest BCUT2D eigenvalue weighted by Crippen LogP contribution is 2.33. The standard InChI is InChI=1S/C24H29N3O2S/c1-3-29-20-10-11-21-22(15-20)30-24(26-21)27-14-4-5-19(16-27)23(28)25-13-12-18-8-6-17(2)7-9-18/h6-11,15,19H,3-5,12-14,16H2,1-2H3,(H,25,28)/t19-/m0/s1. The lowest BCUT2D eigenvalue weighted by molar-refractivity contribution is -0.125. The van der Waals surface area contributed by atoms with Gasteiger partial charge in [0.15, 0.2) is 5.13 Å². The number of carbonyl (C=O) groups excluding carboxylic acids is 1. The fourth-order valence-corrected chi connectivity index (χ4v) is 4.91. The van der Waals surface area contributed by atoms with E-state index in [0.717, 1.165) is 53.4 Å². The Hall–Kier alpha value is -2.60. The SMILES string of the molecule is CCOc1ccc2nc(N3CCC[C@H](C(=O)NCCc4ccc(C)cc4)C3)sc2c1. The molecule has 1 atom stereocenters. The quantitative estimate of drug-likeness (QED) is 0.604. The Bertz CT molecular complexity index is 999. The molecule has 1 fully saturated rings. The number of fused-ring (bicyclic) bond motifs is 1. The van der Waals surface area contributed by atoms with Crippen molar-refractivity contribution in [2.45, 2.75) is 33.1 Å². The summed E-state index contributed by atoms with van der Waals surface area (Å²) in [5.74, 6) is 1.05. The van der Waals surface area contributed by atoms with Gasteiger partial charge in [-0.25, -0.2) is 4.98 Å². The molecule has 2 heterocycles. The smallest absolute Gasteiger partial charge is 0.224 e. The predicted octanol–water partition coefficient (Wildman–Crippen LogP) is 4.58. The van der Waals surface area contributed by atoms with Crippen LogP contribution >= 0.6 is 11.3 Å². The average Bonchev–Trinajstić information content (AvgIpc) is 3.19. The van der Waals surface area contributed by atoms with Crippen molar-refractivity contribution in [2.24, 2.45) is 5.92 Å². The molecule has 3 aromatic rings. The zero-order valence-electron chi connectivity index (χ0n) is 17.7. The Morgan fingerprint density at radius 2 is 2.10 bits per heavy atom. The van der Waals surface area contributed by atoms with Crippen LogP contribution < -0.4 is 15.0 Å². The van der Waals surface area contributed by atoms with Crippen LogP contribution in [-0.4, -0.2) is 37.1 Å². The van der Waals surface area contributed by atoms with Crippen LogP contribution in [0.5, 0.6) is 5.75 Å². The molecule has 1 aromatic heterocycles. The molecule has 0 aliphatic carbocycles. The van der Waals surface area contributed by atoms with Crippen molar-refractivity contribution in [3.8, 4) is 5.75 Å². The summed E-state index contributed by atoms with van der Waals surface area (Å²) in [6, 6.07) is 14.5. The van der Waals surface area contributed by atoms with Gasteiger partial charge in [-0.05, 0) is 56.9 Å². The van der Waals surface area contributed by atoms with Crippen molar-refractivity contribution in [2.75, 3.05) is 31.1 Å². The molecule has 0 saturated carbocycles. The number of aromatic nitrogens is 1. The number of benzene rings is 2. The Labute approximate surface area is 182 Å². The van der Waals surface area contributed by atoms with Gasteiger partial charge in [-0.3, -0.25) is 4.79 Å². The van der Waals surface area contributed by atoms with E-state index in [2.05, 4.69) is 47.5 Å². The molecule has 0 spiro atoms. The Balaban J connectivity index is 1.34. The van der Waals surface area contributed by atoms with Gasteiger partial charge in [0.05, 0.1) is 22.7 Å². The molecular formula is C24H29N3O2S. The molecule has 1 N–H and O–H groups in total. The molecule has 30 heavy (non-hydrogen) atoms. The van der Waals surface area contributed by atoms with Crippen LogP contribution in [0.4, 0.5) is 5.13 Å². The first kappa shape index (κ1) is 20.7. The average molecular weight is 424 g/mol. The van der Waals surface area contributed by atoms with Gasteiger partial charge in [0, 0.05) is 19.6 Å². The second-order valence-electron chi connectivity index (χ2n) is 7.87. The summed E-state index contributed by atoms with van der Waals surface area (Å²) in [4.78, 5) is 19.8. The van der Waals surface area contributed by atoms with Crippen molar-refractivity contribution < 1.29 is 9.53 Å². The molecule has 158 valence electrons. The van der Waals surface area contributed by atoms with Crippen LogP contribution in [-0.2, 0) is 11.2 Å². The van der Waals surface area contributed by atoms with Crippen LogP contribution in [0.15, 0.2) is 42.5 Å². The third-order valence-corrected chi connectivity index (χ3v) is 6.63. The minimum atomic E-state index is 0.0164. The minimum absolute atomic E-state index is 0.0164. The zero-order chi connectivity index (χ0) is 20.9. The van der Waals surface area contributed by atoms with Gasteiger partial charge < -0.3 is 15.0 Å². The summed E-state index contributed by atoms with van der Waals surface area (Å²) < 4.78 is 6.73. The van der Waals surface area contributed by atoms with Crippen molar-refractivity contribution in [3.63, 3.8) is 0 Å². The van der Waals surface area contributed by atoms with E-state index in [1.54, 1.807) is 11.3 Å². The molecule has 0 bridgehead atoms. The largest absolute Gasteiger partial charge is 0.494 e. The van der Waals surface area contributed by atoms with Gasteiger partial charge in [0.25, 0.3) is 0 Å². The van der Waals surface area contributed by atoms with E-state index in [1.165, 1.54) is 11.1 Å². The van der Waals surface area contributed by atoms with Crippen molar-refractivity contribution in [1.29, 1.82) is 0 Å². The molecule has 2 aromatic carbocycles. The number of ether oxygens (including phenoxy) is 1. The molecule has 1 saturated heterocycles. The Morgan fingerprint density at radius 3 is 2.90 bits per heavy atom. The molecule has 4 rings (SSSR count). The highest BCUT2D eigenvalue weighted by Gasteiger charge is 2.27. The lowest BCUT2D eigenvalue weighted by Crippen LogP contribution is -2.43. The number of amides is 1. The van der Waals surface area contributed by atoms with Gasteiger partial charge in [0.2, 0.25) is 5.91 Å². The van der Waals surface area contributed by atoms with Crippen LogP contribution in [0.25, 0.3) is 10.2 Å². The molecular weight excluding hydrogens is 394 g/mol. The normalized spacial score (nSPS) is 16.6. The third kappa shape index (κ3) is 4.93. The first-order valence-electron chi connectivity index (χ1n) is 10.7. The predicted molar refractivity (Wildman–Crippen MR) is 124 cm³/mol. The lowest BCUT2D eigenvalue weighted by Gasteiger charge is -2.31. The number of rotatable bonds is 7. The van der Waals surface area contributed by atoms with E-state index in [9.17, 15) is 4.79 Å². The number of anilines is 1. The number of hydrogen-bond acceptors (Lipinski definition) is 5. The number of thiazole rings is 1. The number of carbonyl (C=O) groups is 1. The van der Waals surface area contributed by atoms with E-state index < -0.39 is 0 Å². The maximum absolute atomic E-state index is 12.7. The second kappa shape index (κ2) is 9.47. The van der Waals surface area contributed by atoms with Gasteiger partial charge in [-0.1, -0.05) is 41.2 Å². The maximum atomic E-state index is 12.7. The van der Waals surface area contributed by atoms with Gasteiger partial charge >= 0.3 is 0 Å². The highest BCUT2D eigenvalue weighted by molar-refractivity contribution is 7.22. The van der Waals surface area contributed by atoms with Crippen molar-refractivity contribution in [1.82, 2.24) is 10.3 Å². The first-order valence-corrected chi connectivity index (χ1v) is 11.6. The monoisotopic (exact) mass is 423 g/mol. The van der Waals surface area contributed by atoms with Gasteiger partial charge in [-0.15, -0.1) is 0 Å². The summed E-state index contributed by atoms with van der Waals surface area (Å²) in [6.07, 6.45) is 2.81. The minimum Gasteiger partial charge on any atom is -0.494 e. The lowest BCUT2D eigenvalue weighted by atomic mass is 9.97. The number of piperidine rings is 1. The molecule has 0 radical (unpaired) electrons. The van der Waals surface area contributed by atoms with E-state index in [0.29, 0.717) is 13.2 Å². The van der Waals surface area contributed by atoms with Crippen molar-refractivity contribution in [3.05, 3.63) is 53.6 Å². The fraction of sp³-hybridized carbons (Fsp3) is 0.417. The molecule has 1 amide bonds. The third-order valence-electron chi connectivity index (χ3n) is 5.56. The molecule has 6 heteroatoms. The molecule has 1 aliphatic rings. The number of hydrogen-bond donors (Lipinski definition) is 1. The summed E-state index contributed by atoms with van der Waals surface area (Å²) in [5.41, 5.74) is 3.50. The fourth-order valence-electron chi connectivity index (χ4n) is 3.88. The zero-order valence-corrected chi connectivity index (χ0v) is 18.5. The van der Waals surface area contributed by atoms with E-state index in [1.807, 2.05) is 19.1 Å². The van der Waals surface area contributed by atoms with Gasteiger partial charge in [0.1, 0.15) is 5.75 Å². The Kier molecular flexibility index (Phi) is 6.53. The van der Waals surface area contributed by atoms with E-state index in [-0.39, 0.29) is 11.8 Å². The second-order valence-corrected chi connectivity index (χ2v) is 8.88. The van der Waals surface area contributed by atoms with Gasteiger partial charge in [-0.2, -0.15) is 0 Å². The van der Waals surface area contributed by atoms with Crippen molar-refractivity contribution >= 4 is 32.6 Å². The van der Waals surface area contributed by atoms with Crippen LogP contribution in [0.1, 0.15) is 30.9 Å². The van der Waals surface area contributed by atoms with Crippen LogP contribution in [0.3, 0.4) is 0 Å². The van der Waals surface area contributed by atoms with Crippen LogP contribution in [0.2, 0.25) is 0 Å². The summed E-state index contributed by atoms with van der Waals surface area (Å²) in [5, 5.41) is 4.13. The number of nitrogens with one attached hydrogen (secondary N) is 1. The molecule has 1 aliphatic heterocycles. The highest BCUT2D eigenvalue weighted by atomic mass is 32.1. The summed E-state index contributed by atoms with van der Waals surface area (Å²) >= 11 is 1.68. The van der Waals surface area contributed by atoms with E-state index in [4.69, 9.17) is 9.72 Å². The molecule has 5 nitrogen and oxygen atoms in total. The number of aryl methyl sites for hydroxylation is 1.